The Kier molecular flexibility index (Phi) is 5.15. The van der Waals surface area contributed by atoms with Crippen LogP contribution in [0.3, 0.4) is 0 Å². The zero-order valence-corrected chi connectivity index (χ0v) is 11.9. The monoisotopic (exact) mass is 286 g/mol. The lowest BCUT2D eigenvalue weighted by molar-refractivity contribution is -0.120. The minimum Gasteiger partial charge on any atom is -0.469 e. The van der Waals surface area contributed by atoms with E-state index in [0.29, 0.717) is 19.3 Å². The average Bonchev–Trinajstić information content (AvgIpc) is 3.00. The summed E-state index contributed by atoms with van der Waals surface area (Å²) in [6.45, 7) is 0. The summed E-state index contributed by atoms with van der Waals surface area (Å²) in [5, 5.41) is 5.39. The molecule has 0 unspecified atom stereocenters. The van der Waals surface area contributed by atoms with Crippen molar-refractivity contribution in [2.45, 2.75) is 19.3 Å². The van der Waals surface area contributed by atoms with Gasteiger partial charge in [-0.15, -0.1) is 0 Å². The Bertz CT molecular complexity index is 588. The summed E-state index contributed by atoms with van der Waals surface area (Å²) < 4.78 is 5.18. The summed E-state index contributed by atoms with van der Waals surface area (Å²) in [7, 11) is 1.61. The second-order valence-electron chi connectivity index (χ2n) is 4.67. The van der Waals surface area contributed by atoms with Crippen molar-refractivity contribution in [2.75, 3.05) is 12.4 Å². The van der Waals surface area contributed by atoms with Gasteiger partial charge in [0.05, 0.1) is 12.7 Å². The van der Waals surface area contributed by atoms with Crippen molar-refractivity contribution in [2.24, 2.45) is 0 Å². The molecule has 1 aromatic carbocycles. The molecule has 5 heteroatoms. The third-order valence-electron chi connectivity index (χ3n) is 3.06. The molecule has 0 aliphatic rings. The molecular formula is C16H18N2O3. The number of likely N-dealkylation sites (N-methyl/N-ethyl adjacent to an activating group) is 1. The van der Waals surface area contributed by atoms with Gasteiger partial charge in [-0.25, -0.2) is 0 Å². The Morgan fingerprint density at radius 1 is 1.10 bits per heavy atom. The number of benzene rings is 1. The number of amides is 2. The zero-order chi connectivity index (χ0) is 15.1. The zero-order valence-electron chi connectivity index (χ0n) is 11.9. The van der Waals surface area contributed by atoms with E-state index in [1.54, 1.807) is 31.5 Å². The van der Waals surface area contributed by atoms with E-state index in [4.69, 9.17) is 4.42 Å². The molecule has 2 amide bonds. The van der Waals surface area contributed by atoms with E-state index < -0.39 is 0 Å². The molecule has 1 aromatic heterocycles. The number of hydrogen-bond acceptors (Lipinski definition) is 3. The first kappa shape index (κ1) is 14.8. The maximum absolute atomic E-state index is 11.8. The maximum atomic E-state index is 11.8. The highest BCUT2D eigenvalue weighted by atomic mass is 16.3. The molecule has 0 atom stereocenters. The molecule has 110 valence electrons. The highest BCUT2D eigenvalue weighted by Crippen LogP contribution is 2.11. The van der Waals surface area contributed by atoms with Crippen LogP contribution < -0.4 is 10.6 Å². The summed E-state index contributed by atoms with van der Waals surface area (Å²) in [6, 6.07) is 10.9. The third kappa shape index (κ3) is 4.80. The summed E-state index contributed by atoms with van der Waals surface area (Å²) in [5.74, 6) is 0.696. The lowest BCUT2D eigenvalue weighted by Gasteiger charge is -2.06. The van der Waals surface area contributed by atoms with E-state index in [-0.39, 0.29) is 11.8 Å². The predicted octanol–water partition coefficient (Wildman–Crippen LogP) is 2.14. The second kappa shape index (κ2) is 7.28. The van der Waals surface area contributed by atoms with Crippen LogP contribution in [0, 0.1) is 0 Å². The number of nitrogens with one attached hydrogen (secondary N) is 2. The van der Waals surface area contributed by atoms with Gasteiger partial charge in [0.2, 0.25) is 11.8 Å². The molecular weight excluding hydrogens is 268 g/mol. The van der Waals surface area contributed by atoms with Gasteiger partial charge >= 0.3 is 0 Å². The fourth-order valence-electron chi connectivity index (χ4n) is 1.89. The largest absolute Gasteiger partial charge is 0.469 e. The fourth-order valence-corrected chi connectivity index (χ4v) is 1.89. The summed E-state index contributed by atoms with van der Waals surface area (Å²) >= 11 is 0. The smallest absolute Gasteiger partial charge is 0.224 e. The van der Waals surface area contributed by atoms with Crippen molar-refractivity contribution in [3.63, 3.8) is 0 Å². The number of aryl methyl sites for hydroxylation is 1. The number of furan rings is 1. The SMILES string of the molecule is CNC(=O)Cc1ccc(NC(=O)CCc2ccco2)cc1. The minimum atomic E-state index is -0.0644. The molecule has 21 heavy (non-hydrogen) atoms. The highest BCUT2D eigenvalue weighted by molar-refractivity contribution is 5.90. The van der Waals surface area contributed by atoms with E-state index in [2.05, 4.69) is 10.6 Å². The van der Waals surface area contributed by atoms with Gasteiger partial charge < -0.3 is 15.1 Å². The molecule has 2 N–H and O–H groups in total. The van der Waals surface area contributed by atoms with Gasteiger partial charge in [-0.05, 0) is 29.8 Å². The van der Waals surface area contributed by atoms with Gasteiger partial charge in [-0.3, -0.25) is 9.59 Å². The molecule has 0 saturated heterocycles. The van der Waals surface area contributed by atoms with Gasteiger partial charge in [0.15, 0.2) is 0 Å². The van der Waals surface area contributed by atoms with Crippen LogP contribution in [0.2, 0.25) is 0 Å². The standard InChI is InChI=1S/C16H18N2O3/c1-17-16(20)11-12-4-6-13(7-5-12)18-15(19)9-8-14-3-2-10-21-14/h2-7,10H,8-9,11H2,1H3,(H,17,20)(H,18,19). The van der Waals surface area contributed by atoms with Crippen LogP contribution in [0.15, 0.2) is 47.1 Å². The van der Waals surface area contributed by atoms with Gasteiger partial charge in [0.1, 0.15) is 5.76 Å². The molecule has 0 spiro atoms. The Morgan fingerprint density at radius 3 is 2.48 bits per heavy atom. The van der Waals surface area contributed by atoms with Gasteiger partial charge in [0, 0.05) is 25.6 Å². The molecule has 0 aliphatic carbocycles. The molecule has 0 saturated carbocycles. The van der Waals surface area contributed by atoms with Crippen molar-refractivity contribution in [1.82, 2.24) is 5.32 Å². The third-order valence-corrected chi connectivity index (χ3v) is 3.06. The molecule has 0 bridgehead atoms. The summed E-state index contributed by atoms with van der Waals surface area (Å²) in [6.07, 6.45) is 2.88. The van der Waals surface area contributed by atoms with E-state index in [0.717, 1.165) is 17.0 Å². The Labute approximate surface area is 123 Å². The maximum Gasteiger partial charge on any atom is 0.224 e. The van der Waals surface area contributed by atoms with Crippen LogP contribution in [-0.4, -0.2) is 18.9 Å². The van der Waals surface area contributed by atoms with Crippen molar-refractivity contribution >= 4 is 17.5 Å². The number of carbonyl (C=O) groups is 2. The molecule has 2 rings (SSSR count). The van der Waals surface area contributed by atoms with Crippen molar-refractivity contribution in [3.05, 3.63) is 54.0 Å². The first-order valence-corrected chi connectivity index (χ1v) is 6.79. The molecule has 2 aromatic rings. The van der Waals surface area contributed by atoms with Crippen molar-refractivity contribution in [1.29, 1.82) is 0 Å². The predicted molar refractivity (Wildman–Crippen MR) is 79.9 cm³/mol. The molecule has 0 fully saturated rings. The fraction of sp³-hybridized carbons (Fsp3) is 0.250. The van der Waals surface area contributed by atoms with E-state index >= 15 is 0 Å². The number of hydrogen-bond donors (Lipinski definition) is 2. The number of anilines is 1. The van der Waals surface area contributed by atoms with Crippen molar-refractivity contribution < 1.29 is 14.0 Å². The lowest BCUT2D eigenvalue weighted by atomic mass is 10.1. The quantitative estimate of drug-likeness (QED) is 0.854. The molecule has 0 aliphatic heterocycles. The number of carbonyl (C=O) groups excluding carboxylic acids is 2. The Morgan fingerprint density at radius 2 is 1.86 bits per heavy atom. The summed E-state index contributed by atoms with van der Waals surface area (Å²) in [5.41, 5.74) is 1.63. The topological polar surface area (TPSA) is 71.3 Å². The van der Waals surface area contributed by atoms with Crippen LogP contribution >= 0.6 is 0 Å². The second-order valence-corrected chi connectivity index (χ2v) is 4.67. The van der Waals surface area contributed by atoms with E-state index in [1.807, 2.05) is 18.2 Å². The van der Waals surface area contributed by atoms with Gasteiger partial charge in [-0.2, -0.15) is 0 Å². The van der Waals surface area contributed by atoms with Crippen LogP contribution in [-0.2, 0) is 22.4 Å². The average molecular weight is 286 g/mol. The Hall–Kier alpha value is -2.56. The number of rotatable bonds is 6. The van der Waals surface area contributed by atoms with Crippen LogP contribution in [0.4, 0.5) is 5.69 Å². The lowest BCUT2D eigenvalue weighted by Crippen LogP contribution is -2.19. The van der Waals surface area contributed by atoms with Crippen LogP contribution in [0.25, 0.3) is 0 Å². The van der Waals surface area contributed by atoms with Crippen molar-refractivity contribution in [3.8, 4) is 0 Å². The normalized spacial score (nSPS) is 10.1. The molecule has 5 nitrogen and oxygen atoms in total. The molecule has 0 radical (unpaired) electrons. The Balaban J connectivity index is 1.82. The van der Waals surface area contributed by atoms with Crippen LogP contribution in [0.5, 0.6) is 0 Å². The van der Waals surface area contributed by atoms with E-state index in [9.17, 15) is 9.59 Å². The van der Waals surface area contributed by atoms with Gasteiger partial charge in [0.25, 0.3) is 0 Å². The minimum absolute atomic E-state index is 0.0368. The van der Waals surface area contributed by atoms with Crippen LogP contribution in [0.1, 0.15) is 17.7 Å². The highest BCUT2D eigenvalue weighted by Gasteiger charge is 2.05. The first-order chi connectivity index (χ1) is 10.2. The molecule has 1 heterocycles. The first-order valence-electron chi connectivity index (χ1n) is 6.79. The van der Waals surface area contributed by atoms with E-state index in [1.165, 1.54) is 0 Å². The summed E-state index contributed by atoms with van der Waals surface area (Å²) in [4.78, 5) is 23.1. The van der Waals surface area contributed by atoms with Gasteiger partial charge in [-0.1, -0.05) is 12.1 Å².